The third kappa shape index (κ3) is 5.25. The van der Waals surface area contributed by atoms with Gasteiger partial charge in [-0.3, -0.25) is 9.59 Å². The zero-order chi connectivity index (χ0) is 24.9. The fourth-order valence-corrected chi connectivity index (χ4v) is 3.74. The van der Waals surface area contributed by atoms with E-state index >= 15 is 0 Å². The number of halogens is 1. The Labute approximate surface area is 207 Å². The summed E-state index contributed by atoms with van der Waals surface area (Å²) in [6.45, 7) is 2.41. The van der Waals surface area contributed by atoms with Crippen molar-refractivity contribution in [1.82, 2.24) is 0 Å². The monoisotopic (exact) mass is 491 g/mol. The molecule has 0 unspecified atom stereocenters. The van der Waals surface area contributed by atoms with Gasteiger partial charge < -0.3 is 9.47 Å². The summed E-state index contributed by atoms with van der Waals surface area (Å²) in [4.78, 5) is 51.7. The van der Waals surface area contributed by atoms with Gasteiger partial charge in [-0.25, -0.2) is 14.5 Å². The van der Waals surface area contributed by atoms with E-state index in [2.05, 4.69) is 6.92 Å². The maximum atomic E-state index is 13.0. The third-order valence-electron chi connectivity index (χ3n) is 5.49. The molecule has 178 valence electrons. The van der Waals surface area contributed by atoms with E-state index in [-0.39, 0.29) is 16.7 Å². The Balaban J connectivity index is 1.48. The van der Waals surface area contributed by atoms with Gasteiger partial charge in [-0.1, -0.05) is 31.4 Å². The summed E-state index contributed by atoms with van der Waals surface area (Å²) in [5.74, 6) is -1.92. The number of anilines is 1. The molecule has 1 heterocycles. The van der Waals surface area contributed by atoms with E-state index in [1.807, 2.05) is 0 Å². The van der Waals surface area contributed by atoms with Crippen LogP contribution in [-0.2, 0) is 4.74 Å². The lowest BCUT2D eigenvalue weighted by Crippen LogP contribution is -2.29. The first-order valence-corrected chi connectivity index (χ1v) is 11.5. The van der Waals surface area contributed by atoms with Crippen LogP contribution in [0.15, 0.2) is 66.7 Å². The number of esters is 2. The van der Waals surface area contributed by atoms with E-state index in [0.29, 0.717) is 28.6 Å². The second-order valence-electron chi connectivity index (χ2n) is 7.94. The molecule has 0 fully saturated rings. The molecule has 0 bridgehead atoms. The van der Waals surface area contributed by atoms with Gasteiger partial charge in [-0.05, 0) is 73.2 Å². The molecular formula is C27H22ClNO6. The zero-order valence-corrected chi connectivity index (χ0v) is 19.7. The van der Waals surface area contributed by atoms with E-state index in [1.54, 1.807) is 24.3 Å². The summed E-state index contributed by atoms with van der Waals surface area (Å²) < 4.78 is 10.6. The molecule has 1 aliphatic rings. The van der Waals surface area contributed by atoms with E-state index in [1.165, 1.54) is 42.5 Å². The molecular weight excluding hydrogens is 470 g/mol. The number of carbonyl (C=O) groups excluding carboxylic acids is 4. The highest BCUT2D eigenvalue weighted by Gasteiger charge is 2.37. The van der Waals surface area contributed by atoms with Gasteiger partial charge in [-0.2, -0.15) is 0 Å². The molecule has 7 nitrogen and oxygen atoms in total. The molecule has 8 heteroatoms. The number of carbonyl (C=O) groups is 4. The Morgan fingerprint density at radius 3 is 2.14 bits per heavy atom. The Kier molecular flexibility index (Phi) is 7.27. The summed E-state index contributed by atoms with van der Waals surface area (Å²) in [7, 11) is 0. The minimum Gasteiger partial charge on any atom is -0.462 e. The molecule has 4 rings (SSSR count). The minimum atomic E-state index is -0.671. The molecule has 3 aromatic carbocycles. The number of benzene rings is 3. The molecule has 0 aliphatic carbocycles. The molecule has 0 radical (unpaired) electrons. The SMILES string of the molecule is CCCCCOC(=O)c1ccc(N2C(=O)c3ccc(C(=O)Oc4ccc(Cl)cc4)cc3C2=O)cc1. The van der Waals surface area contributed by atoms with Gasteiger partial charge in [0.25, 0.3) is 11.8 Å². The summed E-state index contributed by atoms with van der Waals surface area (Å²) in [5.41, 5.74) is 1.04. The molecule has 35 heavy (non-hydrogen) atoms. The highest BCUT2D eigenvalue weighted by molar-refractivity contribution is 6.34. The van der Waals surface area contributed by atoms with Crippen LogP contribution in [0.25, 0.3) is 0 Å². The van der Waals surface area contributed by atoms with Crippen molar-refractivity contribution in [2.75, 3.05) is 11.5 Å². The van der Waals surface area contributed by atoms with Crippen molar-refractivity contribution in [2.24, 2.45) is 0 Å². The molecule has 3 aromatic rings. The summed E-state index contributed by atoms with van der Waals surface area (Å²) in [6.07, 6.45) is 2.80. The van der Waals surface area contributed by atoms with Crippen molar-refractivity contribution >= 4 is 41.0 Å². The molecule has 0 N–H and O–H groups in total. The predicted octanol–water partition coefficient (Wildman–Crippen LogP) is 5.71. The van der Waals surface area contributed by atoms with Gasteiger partial charge in [0.15, 0.2) is 0 Å². The van der Waals surface area contributed by atoms with Crippen LogP contribution in [0.2, 0.25) is 5.02 Å². The fourth-order valence-electron chi connectivity index (χ4n) is 3.62. The average Bonchev–Trinajstić information content (AvgIpc) is 3.12. The van der Waals surface area contributed by atoms with Crippen LogP contribution < -0.4 is 9.64 Å². The van der Waals surface area contributed by atoms with E-state index in [4.69, 9.17) is 21.1 Å². The molecule has 0 aromatic heterocycles. The fraction of sp³-hybridized carbons (Fsp3) is 0.185. The van der Waals surface area contributed by atoms with Crippen LogP contribution in [0.4, 0.5) is 5.69 Å². The van der Waals surface area contributed by atoms with Gasteiger partial charge in [0, 0.05) is 5.02 Å². The number of hydrogen-bond acceptors (Lipinski definition) is 6. The maximum Gasteiger partial charge on any atom is 0.343 e. The number of ether oxygens (including phenoxy) is 2. The number of unbranched alkanes of at least 4 members (excludes halogenated alkanes) is 2. The van der Waals surface area contributed by atoms with Crippen molar-refractivity contribution in [3.63, 3.8) is 0 Å². The van der Waals surface area contributed by atoms with E-state index in [0.717, 1.165) is 24.2 Å². The molecule has 2 amide bonds. The maximum absolute atomic E-state index is 13.0. The summed E-state index contributed by atoms with van der Waals surface area (Å²) in [5, 5.41) is 0.503. The Morgan fingerprint density at radius 2 is 1.46 bits per heavy atom. The molecule has 0 atom stereocenters. The normalized spacial score (nSPS) is 12.5. The summed E-state index contributed by atoms with van der Waals surface area (Å²) >= 11 is 5.84. The molecule has 1 aliphatic heterocycles. The minimum absolute atomic E-state index is 0.0972. The Bertz CT molecular complexity index is 1280. The van der Waals surface area contributed by atoms with Gasteiger partial charge in [-0.15, -0.1) is 0 Å². The highest BCUT2D eigenvalue weighted by atomic mass is 35.5. The Hall–Kier alpha value is -3.97. The van der Waals surface area contributed by atoms with Gasteiger partial charge in [0.05, 0.1) is 34.5 Å². The Morgan fingerprint density at radius 1 is 0.800 bits per heavy atom. The van der Waals surface area contributed by atoms with Gasteiger partial charge >= 0.3 is 11.9 Å². The van der Waals surface area contributed by atoms with Crippen molar-refractivity contribution in [2.45, 2.75) is 26.2 Å². The average molecular weight is 492 g/mol. The van der Waals surface area contributed by atoms with Gasteiger partial charge in [0.2, 0.25) is 0 Å². The molecule has 0 saturated heterocycles. The number of fused-ring (bicyclic) bond motifs is 1. The number of nitrogens with zero attached hydrogens (tertiary/aromatic N) is 1. The standard InChI is InChI=1S/C27H22ClNO6/c1-2-3-4-15-34-26(32)17-5-10-20(11-6-17)29-24(30)22-14-7-18(16-23(22)25(29)31)27(33)35-21-12-8-19(28)9-13-21/h5-14,16H,2-4,15H2,1H3. The largest absolute Gasteiger partial charge is 0.462 e. The smallest absolute Gasteiger partial charge is 0.343 e. The van der Waals surface area contributed by atoms with Crippen LogP contribution in [0.5, 0.6) is 5.75 Å². The first-order valence-electron chi connectivity index (χ1n) is 11.2. The highest BCUT2D eigenvalue weighted by Crippen LogP contribution is 2.30. The molecule has 0 saturated carbocycles. The quantitative estimate of drug-likeness (QED) is 0.173. The van der Waals surface area contributed by atoms with E-state index in [9.17, 15) is 19.2 Å². The van der Waals surface area contributed by atoms with Crippen molar-refractivity contribution in [3.05, 3.63) is 94.0 Å². The van der Waals surface area contributed by atoms with Crippen LogP contribution in [0, 0.1) is 0 Å². The van der Waals surface area contributed by atoms with Crippen molar-refractivity contribution in [1.29, 1.82) is 0 Å². The van der Waals surface area contributed by atoms with Crippen LogP contribution >= 0.6 is 11.6 Å². The predicted molar refractivity (Wildman–Crippen MR) is 130 cm³/mol. The van der Waals surface area contributed by atoms with Crippen molar-refractivity contribution in [3.8, 4) is 5.75 Å². The molecule has 0 spiro atoms. The van der Waals surface area contributed by atoms with Crippen molar-refractivity contribution < 1.29 is 28.7 Å². The number of hydrogen-bond donors (Lipinski definition) is 0. The van der Waals surface area contributed by atoms with E-state index < -0.39 is 23.8 Å². The zero-order valence-electron chi connectivity index (χ0n) is 19.0. The number of amides is 2. The third-order valence-corrected chi connectivity index (χ3v) is 5.74. The lowest BCUT2D eigenvalue weighted by molar-refractivity contribution is 0.0497. The van der Waals surface area contributed by atoms with Crippen LogP contribution in [-0.4, -0.2) is 30.4 Å². The number of imide groups is 1. The first-order chi connectivity index (χ1) is 16.9. The first kappa shape index (κ1) is 24.2. The van der Waals surface area contributed by atoms with Crippen LogP contribution in [0.3, 0.4) is 0 Å². The lowest BCUT2D eigenvalue weighted by atomic mass is 10.1. The second kappa shape index (κ2) is 10.5. The second-order valence-corrected chi connectivity index (χ2v) is 8.38. The topological polar surface area (TPSA) is 90.0 Å². The number of rotatable bonds is 8. The summed E-state index contributed by atoms with van der Waals surface area (Å²) in [6, 6.07) is 16.5. The lowest BCUT2D eigenvalue weighted by Gasteiger charge is -2.14. The van der Waals surface area contributed by atoms with Crippen LogP contribution in [0.1, 0.15) is 67.6 Å². The van der Waals surface area contributed by atoms with Gasteiger partial charge in [0.1, 0.15) is 5.75 Å².